The molecule has 0 unspecified atom stereocenters. The molecule has 2 rings (SSSR count). The number of likely N-dealkylation sites (N-methyl/N-ethyl adjacent to an activating group) is 1. The Labute approximate surface area is 108 Å². The maximum atomic E-state index is 10.8. The zero-order valence-electron chi connectivity index (χ0n) is 9.52. The fourth-order valence-electron chi connectivity index (χ4n) is 2.06. The summed E-state index contributed by atoms with van der Waals surface area (Å²) in [7, 11) is 1.59. The SMILES string of the molecule is CN(C[C@H]1CCOc2c(Br)cccc21)C(=O)O. The van der Waals surface area contributed by atoms with Gasteiger partial charge in [-0.3, -0.25) is 0 Å². The van der Waals surface area contributed by atoms with Crippen LogP contribution in [-0.4, -0.2) is 36.3 Å². The van der Waals surface area contributed by atoms with Crippen LogP contribution in [0.2, 0.25) is 0 Å². The Hall–Kier alpha value is -1.23. The van der Waals surface area contributed by atoms with Gasteiger partial charge in [-0.05, 0) is 28.4 Å². The second-order valence-corrected chi connectivity index (χ2v) is 5.01. The normalized spacial score (nSPS) is 18.1. The molecule has 0 fully saturated rings. The summed E-state index contributed by atoms with van der Waals surface area (Å²) in [5.41, 5.74) is 1.08. The van der Waals surface area contributed by atoms with Crippen LogP contribution in [0.15, 0.2) is 22.7 Å². The quantitative estimate of drug-likeness (QED) is 0.913. The van der Waals surface area contributed by atoms with E-state index < -0.39 is 6.09 Å². The lowest BCUT2D eigenvalue weighted by Crippen LogP contribution is -2.31. The Kier molecular flexibility index (Phi) is 3.57. The van der Waals surface area contributed by atoms with Crippen LogP contribution in [-0.2, 0) is 0 Å². The van der Waals surface area contributed by atoms with E-state index >= 15 is 0 Å². The van der Waals surface area contributed by atoms with Crippen LogP contribution in [0, 0.1) is 0 Å². The molecule has 1 amide bonds. The molecular weight excluding hydrogens is 286 g/mol. The van der Waals surface area contributed by atoms with Crippen LogP contribution >= 0.6 is 15.9 Å². The van der Waals surface area contributed by atoms with Crippen molar-refractivity contribution in [1.29, 1.82) is 0 Å². The molecule has 0 radical (unpaired) electrons. The van der Waals surface area contributed by atoms with Crippen LogP contribution in [0.1, 0.15) is 17.9 Å². The van der Waals surface area contributed by atoms with Gasteiger partial charge in [0.2, 0.25) is 0 Å². The molecule has 4 nitrogen and oxygen atoms in total. The van der Waals surface area contributed by atoms with Crippen molar-refractivity contribution in [2.24, 2.45) is 0 Å². The highest BCUT2D eigenvalue weighted by atomic mass is 79.9. The van der Waals surface area contributed by atoms with Gasteiger partial charge in [0.15, 0.2) is 0 Å². The summed E-state index contributed by atoms with van der Waals surface area (Å²) in [6, 6.07) is 5.88. The molecule has 1 aliphatic rings. The number of carbonyl (C=O) groups is 1. The molecule has 92 valence electrons. The van der Waals surface area contributed by atoms with Crippen molar-refractivity contribution in [2.75, 3.05) is 20.2 Å². The largest absolute Gasteiger partial charge is 0.492 e. The third kappa shape index (κ3) is 2.54. The highest BCUT2D eigenvalue weighted by Crippen LogP contribution is 2.38. The van der Waals surface area contributed by atoms with Crippen LogP contribution in [0.5, 0.6) is 5.75 Å². The Bertz CT molecular complexity index is 436. The molecule has 1 aromatic rings. The van der Waals surface area contributed by atoms with Gasteiger partial charge in [0.1, 0.15) is 5.75 Å². The predicted octanol–water partition coefficient (Wildman–Crippen LogP) is 2.93. The van der Waals surface area contributed by atoms with Crippen molar-refractivity contribution in [3.63, 3.8) is 0 Å². The van der Waals surface area contributed by atoms with Crippen LogP contribution in [0.25, 0.3) is 0 Å². The Balaban J connectivity index is 2.23. The zero-order valence-corrected chi connectivity index (χ0v) is 11.1. The summed E-state index contributed by atoms with van der Waals surface area (Å²) in [6.07, 6.45) is -0.0470. The summed E-state index contributed by atoms with van der Waals surface area (Å²) in [5.74, 6) is 1.06. The number of hydrogen-bond donors (Lipinski definition) is 1. The van der Waals surface area contributed by atoms with Crippen molar-refractivity contribution >= 4 is 22.0 Å². The van der Waals surface area contributed by atoms with Gasteiger partial charge in [-0.1, -0.05) is 12.1 Å². The first-order valence-electron chi connectivity index (χ1n) is 5.45. The minimum absolute atomic E-state index is 0.206. The topological polar surface area (TPSA) is 49.8 Å². The standard InChI is InChI=1S/C12H14BrNO3/c1-14(12(15)16)7-8-5-6-17-11-9(8)3-2-4-10(11)13/h2-4,8H,5-7H2,1H3,(H,15,16)/t8-/m1/s1. The Morgan fingerprint density at radius 1 is 1.65 bits per heavy atom. The van der Waals surface area contributed by atoms with E-state index in [-0.39, 0.29) is 5.92 Å². The second-order valence-electron chi connectivity index (χ2n) is 4.16. The number of fused-ring (bicyclic) bond motifs is 1. The van der Waals surface area contributed by atoms with Gasteiger partial charge in [0.05, 0.1) is 11.1 Å². The molecule has 1 aliphatic heterocycles. The number of halogens is 1. The van der Waals surface area contributed by atoms with Gasteiger partial charge >= 0.3 is 6.09 Å². The van der Waals surface area contributed by atoms with Crippen LogP contribution in [0.4, 0.5) is 4.79 Å². The van der Waals surface area contributed by atoms with Crippen molar-refractivity contribution in [1.82, 2.24) is 4.90 Å². The molecule has 17 heavy (non-hydrogen) atoms. The number of amides is 1. The van der Waals surface area contributed by atoms with Crippen LogP contribution < -0.4 is 4.74 Å². The monoisotopic (exact) mass is 299 g/mol. The maximum absolute atomic E-state index is 10.8. The van der Waals surface area contributed by atoms with Gasteiger partial charge in [-0.25, -0.2) is 4.79 Å². The van der Waals surface area contributed by atoms with Crippen molar-refractivity contribution in [3.8, 4) is 5.75 Å². The summed E-state index contributed by atoms with van der Waals surface area (Å²) >= 11 is 3.45. The van der Waals surface area contributed by atoms with Gasteiger partial charge < -0.3 is 14.7 Å². The van der Waals surface area contributed by atoms with E-state index in [4.69, 9.17) is 9.84 Å². The number of hydrogen-bond acceptors (Lipinski definition) is 2. The van der Waals surface area contributed by atoms with E-state index in [0.717, 1.165) is 22.2 Å². The number of ether oxygens (including phenoxy) is 1. The van der Waals surface area contributed by atoms with E-state index in [2.05, 4.69) is 15.9 Å². The summed E-state index contributed by atoms with van der Waals surface area (Å²) in [6.45, 7) is 1.13. The molecule has 0 aliphatic carbocycles. The van der Waals surface area contributed by atoms with E-state index in [9.17, 15) is 4.79 Å². The third-order valence-corrected chi connectivity index (χ3v) is 3.60. The third-order valence-electron chi connectivity index (χ3n) is 2.97. The van der Waals surface area contributed by atoms with Crippen molar-refractivity contribution in [3.05, 3.63) is 28.2 Å². The summed E-state index contributed by atoms with van der Waals surface area (Å²) in [5, 5.41) is 8.90. The number of carboxylic acid groups (broad SMARTS) is 1. The van der Waals surface area contributed by atoms with Gasteiger partial charge in [0.25, 0.3) is 0 Å². The molecule has 1 N–H and O–H groups in total. The lowest BCUT2D eigenvalue weighted by molar-refractivity contribution is 0.148. The predicted molar refractivity (Wildman–Crippen MR) is 67.6 cm³/mol. The molecule has 0 saturated carbocycles. The fourth-order valence-corrected chi connectivity index (χ4v) is 2.55. The molecule has 0 spiro atoms. The lowest BCUT2D eigenvalue weighted by atomic mass is 9.93. The van der Waals surface area contributed by atoms with E-state index in [0.29, 0.717) is 13.2 Å². The van der Waals surface area contributed by atoms with E-state index in [1.54, 1.807) is 7.05 Å². The summed E-state index contributed by atoms with van der Waals surface area (Å²) < 4.78 is 6.54. The highest BCUT2D eigenvalue weighted by Gasteiger charge is 2.25. The van der Waals surface area contributed by atoms with Gasteiger partial charge in [0, 0.05) is 25.1 Å². The number of para-hydroxylation sites is 1. The second kappa shape index (κ2) is 4.96. The molecule has 1 aromatic carbocycles. The first-order chi connectivity index (χ1) is 8.09. The average Bonchev–Trinajstić information content (AvgIpc) is 2.30. The maximum Gasteiger partial charge on any atom is 0.407 e. The first kappa shape index (κ1) is 12.2. The number of rotatable bonds is 2. The number of benzene rings is 1. The molecule has 0 saturated heterocycles. The zero-order chi connectivity index (χ0) is 12.4. The van der Waals surface area contributed by atoms with E-state index in [1.807, 2.05) is 18.2 Å². The first-order valence-corrected chi connectivity index (χ1v) is 6.24. The van der Waals surface area contributed by atoms with Crippen molar-refractivity contribution < 1.29 is 14.6 Å². The molecule has 0 aromatic heterocycles. The molecule has 0 bridgehead atoms. The van der Waals surface area contributed by atoms with Gasteiger partial charge in [-0.15, -0.1) is 0 Å². The number of nitrogens with zero attached hydrogens (tertiary/aromatic N) is 1. The average molecular weight is 300 g/mol. The van der Waals surface area contributed by atoms with Gasteiger partial charge in [-0.2, -0.15) is 0 Å². The molecule has 1 heterocycles. The minimum Gasteiger partial charge on any atom is -0.492 e. The molecule has 5 heteroatoms. The minimum atomic E-state index is -0.895. The fraction of sp³-hybridized carbons (Fsp3) is 0.417. The Morgan fingerprint density at radius 3 is 3.12 bits per heavy atom. The smallest absolute Gasteiger partial charge is 0.407 e. The Morgan fingerprint density at radius 2 is 2.41 bits per heavy atom. The van der Waals surface area contributed by atoms with Crippen molar-refractivity contribution in [2.45, 2.75) is 12.3 Å². The van der Waals surface area contributed by atoms with E-state index in [1.165, 1.54) is 4.90 Å². The molecule has 1 atom stereocenters. The summed E-state index contributed by atoms with van der Waals surface area (Å²) in [4.78, 5) is 12.2. The lowest BCUT2D eigenvalue weighted by Gasteiger charge is -2.29. The highest BCUT2D eigenvalue weighted by molar-refractivity contribution is 9.10. The molecular formula is C12H14BrNO3. The van der Waals surface area contributed by atoms with Crippen LogP contribution in [0.3, 0.4) is 0 Å².